The van der Waals surface area contributed by atoms with Gasteiger partial charge in [0.15, 0.2) is 11.6 Å². The fourth-order valence-electron chi connectivity index (χ4n) is 5.58. The number of unbranched alkanes of at least 4 members (excludes halogenated alkanes) is 8. The summed E-state index contributed by atoms with van der Waals surface area (Å²) in [6.07, 6.45) is 15.9. The average Bonchev–Trinajstić information content (AvgIpc) is 3.05. The van der Waals surface area contributed by atoms with Crippen molar-refractivity contribution in [3.8, 4) is 11.1 Å². The zero-order valence-corrected chi connectivity index (χ0v) is 29.7. The molecular weight excluding hydrogens is 572 g/mol. The predicted octanol–water partition coefficient (Wildman–Crippen LogP) is 8.89. The van der Waals surface area contributed by atoms with Gasteiger partial charge in [0.25, 0.3) is 0 Å². The van der Waals surface area contributed by atoms with Gasteiger partial charge in [-0.1, -0.05) is 114 Å². The van der Waals surface area contributed by atoms with Crippen molar-refractivity contribution in [3.05, 3.63) is 59.7 Å². The molecule has 0 spiro atoms. The van der Waals surface area contributed by atoms with Gasteiger partial charge in [-0.3, -0.25) is 9.59 Å². The molecule has 2 aromatic rings. The van der Waals surface area contributed by atoms with Crippen molar-refractivity contribution < 1.29 is 19.1 Å². The molecule has 2 aromatic carbocycles. The summed E-state index contributed by atoms with van der Waals surface area (Å²) in [6.45, 7) is 9.87. The van der Waals surface area contributed by atoms with Crippen LogP contribution < -0.4 is 0 Å². The number of hydrogen-bond donors (Lipinski definition) is 0. The molecule has 0 aromatic heterocycles. The second kappa shape index (κ2) is 25.7. The second-order valence-electron chi connectivity index (χ2n) is 13.1. The molecule has 6 nitrogen and oxygen atoms in total. The van der Waals surface area contributed by atoms with Gasteiger partial charge >= 0.3 is 0 Å². The summed E-state index contributed by atoms with van der Waals surface area (Å²) in [5, 5.41) is 0. The van der Waals surface area contributed by atoms with Crippen molar-refractivity contribution in [1.82, 2.24) is 9.80 Å². The van der Waals surface area contributed by atoms with Gasteiger partial charge in [0.2, 0.25) is 0 Å². The third-order valence-corrected chi connectivity index (χ3v) is 8.58. The van der Waals surface area contributed by atoms with Crippen molar-refractivity contribution in [2.45, 2.75) is 117 Å². The Balaban J connectivity index is 1.56. The third-order valence-electron chi connectivity index (χ3n) is 8.58. The number of Topliss-reactive ketones (excluding diaryl/α,β-unsaturated/α-hetero) is 2. The quantitative estimate of drug-likeness (QED) is 0.0832. The van der Waals surface area contributed by atoms with Gasteiger partial charge in [-0.25, -0.2) is 0 Å². The number of nitrogens with zero attached hydrogens (tertiary/aromatic N) is 2. The molecule has 46 heavy (non-hydrogen) atoms. The van der Waals surface area contributed by atoms with E-state index in [2.05, 4.69) is 86.3 Å². The zero-order chi connectivity index (χ0) is 33.2. The second-order valence-corrected chi connectivity index (χ2v) is 13.1. The minimum absolute atomic E-state index is 0.174. The van der Waals surface area contributed by atoms with E-state index in [0.717, 1.165) is 61.3 Å². The van der Waals surface area contributed by atoms with Gasteiger partial charge in [0.05, 0.1) is 13.2 Å². The highest BCUT2D eigenvalue weighted by Crippen LogP contribution is 2.21. The Hall–Kier alpha value is -2.38. The van der Waals surface area contributed by atoms with Crippen molar-refractivity contribution >= 4 is 11.6 Å². The molecule has 0 saturated heterocycles. The van der Waals surface area contributed by atoms with Gasteiger partial charge in [0, 0.05) is 12.8 Å². The van der Waals surface area contributed by atoms with Crippen LogP contribution in [0.15, 0.2) is 48.5 Å². The van der Waals surface area contributed by atoms with Crippen LogP contribution in [0, 0.1) is 0 Å². The Labute approximate surface area is 281 Å². The van der Waals surface area contributed by atoms with E-state index in [4.69, 9.17) is 9.47 Å². The lowest BCUT2D eigenvalue weighted by Crippen LogP contribution is -2.22. The van der Waals surface area contributed by atoms with E-state index in [-0.39, 0.29) is 24.8 Å². The SMILES string of the molecule is CCCCCCCN(C)CCCC(=O)COCc1ccc(-c2ccc(COCC(=O)CCCN(C)CCCCCCC)cc2)cc1. The lowest BCUT2D eigenvalue weighted by atomic mass is 10.0. The van der Waals surface area contributed by atoms with Crippen LogP contribution in [-0.4, -0.2) is 74.9 Å². The minimum Gasteiger partial charge on any atom is -0.369 e. The number of carbonyl (C=O) groups excluding carboxylic acids is 2. The van der Waals surface area contributed by atoms with Crippen LogP contribution in [0.2, 0.25) is 0 Å². The standard InChI is InChI=1S/C40H64N2O4/c1-5-7-9-11-13-27-41(3)29-15-17-39(43)33-45-31-35-19-23-37(24-20-35)38-25-21-36(22-26-38)32-46-34-40(44)18-16-30-42(4)28-14-12-10-8-6-2/h19-26H,5-18,27-34H2,1-4H3. The maximum absolute atomic E-state index is 12.3. The number of ether oxygens (including phenoxy) is 2. The highest BCUT2D eigenvalue weighted by atomic mass is 16.5. The highest BCUT2D eigenvalue weighted by molar-refractivity contribution is 5.80. The largest absolute Gasteiger partial charge is 0.369 e. The molecule has 0 saturated carbocycles. The normalized spacial score (nSPS) is 11.5. The summed E-state index contributed by atoms with van der Waals surface area (Å²) in [5.41, 5.74) is 4.37. The third kappa shape index (κ3) is 19.3. The number of benzene rings is 2. The molecule has 0 N–H and O–H groups in total. The maximum Gasteiger partial charge on any atom is 0.158 e. The fourth-order valence-corrected chi connectivity index (χ4v) is 5.58. The monoisotopic (exact) mass is 636 g/mol. The fraction of sp³-hybridized carbons (Fsp3) is 0.650. The Bertz CT molecular complexity index is 968. The molecule has 0 aliphatic heterocycles. The van der Waals surface area contributed by atoms with E-state index in [9.17, 15) is 9.59 Å². The summed E-state index contributed by atoms with van der Waals surface area (Å²) >= 11 is 0. The number of ketones is 2. The van der Waals surface area contributed by atoms with Crippen molar-refractivity contribution in [2.75, 3.05) is 53.5 Å². The van der Waals surface area contributed by atoms with Crippen LogP contribution >= 0.6 is 0 Å². The van der Waals surface area contributed by atoms with Crippen molar-refractivity contribution in [1.29, 1.82) is 0 Å². The zero-order valence-electron chi connectivity index (χ0n) is 29.7. The summed E-state index contributed by atoms with van der Waals surface area (Å²) in [5.74, 6) is 0.348. The Kier molecular flexibility index (Phi) is 22.2. The lowest BCUT2D eigenvalue weighted by molar-refractivity contribution is -0.124. The topological polar surface area (TPSA) is 59.1 Å². The summed E-state index contributed by atoms with van der Waals surface area (Å²) in [7, 11) is 4.30. The molecule has 0 radical (unpaired) electrons. The first kappa shape index (κ1) is 39.8. The first-order chi connectivity index (χ1) is 22.4. The molecule has 6 heteroatoms. The first-order valence-corrected chi connectivity index (χ1v) is 18.2. The minimum atomic E-state index is 0.174. The maximum atomic E-state index is 12.3. The molecule has 258 valence electrons. The van der Waals surface area contributed by atoms with Crippen LogP contribution in [0.1, 0.15) is 115 Å². The molecule has 0 bridgehead atoms. The lowest BCUT2D eigenvalue weighted by Gasteiger charge is -2.16. The van der Waals surface area contributed by atoms with Gasteiger partial charge in [-0.05, 0) is 88.2 Å². The van der Waals surface area contributed by atoms with Gasteiger partial charge in [-0.15, -0.1) is 0 Å². The molecule has 0 aliphatic rings. The van der Waals surface area contributed by atoms with E-state index in [1.165, 1.54) is 64.2 Å². The average molecular weight is 637 g/mol. The Morgan fingerprint density at radius 1 is 0.500 bits per heavy atom. The summed E-state index contributed by atoms with van der Waals surface area (Å²) < 4.78 is 11.4. The van der Waals surface area contributed by atoms with E-state index in [1.54, 1.807) is 0 Å². The van der Waals surface area contributed by atoms with E-state index in [0.29, 0.717) is 26.1 Å². The number of carbonyl (C=O) groups is 2. The first-order valence-electron chi connectivity index (χ1n) is 18.2. The van der Waals surface area contributed by atoms with Crippen LogP contribution in [0.4, 0.5) is 0 Å². The van der Waals surface area contributed by atoms with Crippen molar-refractivity contribution in [2.24, 2.45) is 0 Å². The molecule has 2 rings (SSSR count). The smallest absolute Gasteiger partial charge is 0.158 e. The van der Waals surface area contributed by atoms with Crippen LogP contribution in [-0.2, 0) is 32.3 Å². The van der Waals surface area contributed by atoms with Crippen LogP contribution in [0.25, 0.3) is 11.1 Å². The van der Waals surface area contributed by atoms with Gasteiger partial charge in [0.1, 0.15) is 13.2 Å². The van der Waals surface area contributed by atoms with Gasteiger partial charge in [-0.2, -0.15) is 0 Å². The molecule has 0 unspecified atom stereocenters. The van der Waals surface area contributed by atoms with Crippen molar-refractivity contribution in [3.63, 3.8) is 0 Å². The number of hydrogen-bond acceptors (Lipinski definition) is 6. The van der Waals surface area contributed by atoms with Crippen LogP contribution in [0.3, 0.4) is 0 Å². The molecule has 0 heterocycles. The van der Waals surface area contributed by atoms with Crippen LogP contribution in [0.5, 0.6) is 0 Å². The highest BCUT2D eigenvalue weighted by Gasteiger charge is 2.07. The Morgan fingerprint density at radius 2 is 0.848 bits per heavy atom. The molecular formula is C40H64N2O4. The number of rotatable bonds is 29. The Morgan fingerprint density at radius 3 is 1.22 bits per heavy atom. The molecule has 0 aliphatic carbocycles. The van der Waals surface area contributed by atoms with E-state index >= 15 is 0 Å². The van der Waals surface area contributed by atoms with E-state index in [1.807, 2.05) is 0 Å². The molecule has 0 amide bonds. The molecule has 0 atom stereocenters. The van der Waals surface area contributed by atoms with E-state index < -0.39 is 0 Å². The van der Waals surface area contributed by atoms with Gasteiger partial charge < -0.3 is 19.3 Å². The predicted molar refractivity (Wildman–Crippen MR) is 192 cm³/mol. The summed E-state index contributed by atoms with van der Waals surface area (Å²) in [4.78, 5) is 29.2. The molecule has 0 fully saturated rings. The summed E-state index contributed by atoms with van der Waals surface area (Å²) in [6, 6.07) is 16.6.